The van der Waals surface area contributed by atoms with E-state index in [1.807, 2.05) is 63.2 Å². The zero-order chi connectivity index (χ0) is 26.7. The van der Waals surface area contributed by atoms with Crippen LogP contribution in [0.2, 0.25) is 0 Å². The van der Waals surface area contributed by atoms with Crippen molar-refractivity contribution < 1.29 is 28.5 Å². The number of allylic oxidation sites excluding steroid dienone is 2. The van der Waals surface area contributed by atoms with Gasteiger partial charge in [-0.1, -0.05) is 31.2 Å². The first-order valence-corrected chi connectivity index (χ1v) is 12.7. The van der Waals surface area contributed by atoms with E-state index in [4.69, 9.17) is 23.9 Å². The van der Waals surface area contributed by atoms with Gasteiger partial charge in [-0.2, -0.15) is 0 Å². The van der Waals surface area contributed by atoms with Crippen molar-refractivity contribution in [1.29, 1.82) is 0 Å². The fraction of sp³-hybridized carbons (Fsp3) is 0.433. The fourth-order valence-corrected chi connectivity index (χ4v) is 5.32. The maximum absolute atomic E-state index is 13.9. The highest BCUT2D eigenvalue weighted by atomic mass is 16.5. The van der Waals surface area contributed by atoms with Crippen LogP contribution in [-0.4, -0.2) is 44.9 Å². The molecule has 2 aromatic carbocycles. The third-order valence-corrected chi connectivity index (χ3v) is 7.39. The number of aliphatic imine (C=N–C) groups is 1. The molecule has 0 saturated carbocycles. The van der Waals surface area contributed by atoms with Crippen LogP contribution >= 0.6 is 0 Å². The molecule has 1 aliphatic heterocycles. The number of nitrogens with zero attached hydrogens (tertiary/aromatic N) is 1. The number of rotatable bonds is 8. The van der Waals surface area contributed by atoms with E-state index in [0.717, 1.165) is 16.8 Å². The van der Waals surface area contributed by atoms with Crippen LogP contribution in [0.5, 0.6) is 17.2 Å². The molecule has 0 amide bonds. The van der Waals surface area contributed by atoms with Gasteiger partial charge in [0, 0.05) is 34.9 Å². The molecule has 0 fully saturated rings. The maximum atomic E-state index is 13.9. The number of carbonyl (C=O) groups is 2. The van der Waals surface area contributed by atoms with E-state index >= 15 is 0 Å². The monoisotopic (exact) mass is 505 g/mol. The normalized spacial score (nSPS) is 22.1. The molecule has 0 radical (unpaired) electrons. The van der Waals surface area contributed by atoms with Gasteiger partial charge in [-0.25, -0.2) is 0 Å². The lowest BCUT2D eigenvalue weighted by Crippen LogP contribution is -2.39. The van der Waals surface area contributed by atoms with Crippen LogP contribution in [0.15, 0.2) is 58.7 Å². The van der Waals surface area contributed by atoms with Gasteiger partial charge in [0.2, 0.25) is 0 Å². The third kappa shape index (κ3) is 5.13. The maximum Gasteiger partial charge on any atom is 0.315 e. The molecule has 1 aliphatic carbocycles. The molecule has 7 nitrogen and oxygen atoms in total. The minimum Gasteiger partial charge on any atom is -0.496 e. The molecule has 1 heterocycles. The Morgan fingerprint density at radius 3 is 2.38 bits per heavy atom. The number of benzene rings is 2. The first kappa shape index (κ1) is 26.5. The van der Waals surface area contributed by atoms with Crippen LogP contribution in [0, 0.1) is 5.92 Å². The van der Waals surface area contributed by atoms with Crippen LogP contribution < -0.4 is 14.2 Å². The van der Waals surface area contributed by atoms with Gasteiger partial charge in [-0.05, 0) is 56.4 Å². The molecule has 0 bridgehead atoms. The summed E-state index contributed by atoms with van der Waals surface area (Å²) in [6.07, 6.45) is 1.35. The van der Waals surface area contributed by atoms with E-state index in [-0.39, 0.29) is 23.8 Å². The summed E-state index contributed by atoms with van der Waals surface area (Å²) in [7, 11) is 4.79. The zero-order valence-electron chi connectivity index (χ0n) is 22.4. The predicted molar refractivity (Wildman–Crippen MR) is 142 cm³/mol. The van der Waals surface area contributed by atoms with Crippen LogP contribution in [0.4, 0.5) is 0 Å². The second kappa shape index (κ2) is 11.2. The zero-order valence-corrected chi connectivity index (χ0v) is 22.4. The number of methoxy groups -OCH3 is 3. The molecule has 4 atom stereocenters. The molecule has 0 spiro atoms. The number of hydrogen-bond donors (Lipinski definition) is 0. The van der Waals surface area contributed by atoms with E-state index in [1.165, 1.54) is 0 Å². The van der Waals surface area contributed by atoms with Gasteiger partial charge in [-0.3, -0.25) is 14.6 Å². The van der Waals surface area contributed by atoms with Crippen molar-refractivity contribution in [1.82, 2.24) is 0 Å². The Hall–Kier alpha value is -3.61. The highest BCUT2D eigenvalue weighted by molar-refractivity contribution is 6.09. The average Bonchev–Trinajstić information content (AvgIpc) is 2.91. The number of carbonyl (C=O) groups excluding carboxylic acids is 2. The smallest absolute Gasteiger partial charge is 0.315 e. The van der Waals surface area contributed by atoms with Crippen LogP contribution in [0.1, 0.15) is 63.0 Å². The van der Waals surface area contributed by atoms with Crippen molar-refractivity contribution in [3.63, 3.8) is 0 Å². The van der Waals surface area contributed by atoms with Crippen molar-refractivity contribution in [3.8, 4) is 17.2 Å². The van der Waals surface area contributed by atoms with Crippen molar-refractivity contribution in [3.05, 3.63) is 64.9 Å². The summed E-state index contributed by atoms with van der Waals surface area (Å²) in [4.78, 5) is 32.2. The molecule has 0 saturated heterocycles. The number of hydrogen-bond acceptors (Lipinski definition) is 7. The first-order chi connectivity index (χ1) is 17.8. The van der Waals surface area contributed by atoms with Gasteiger partial charge in [0.1, 0.15) is 11.7 Å². The quantitative estimate of drug-likeness (QED) is 0.433. The van der Waals surface area contributed by atoms with Crippen LogP contribution in [0.25, 0.3) is 0 Å². The largest absolute Gasteiger partial charge is 0.496 e. The standard InChI is InChI=1S/C30H35NO6/c1-7-17(2)37-30(33)27-18(3)31-22-14-20(19-12-13-25(35-5)26(16-19)36-6)15-23(32)29(22)28(27)21-10-8-9-11-24(21)34-4/h8-13,16-17,20,27-28H,7,14-15H2,1-6H3/t17-,20+,27?,28+/m0/s1. The SMILES string of the molecule is CC[C@H](C)OC(=O)C1C(C)=NC2=C(C(=O)C[C@H](c3ccc(OC)c(OC)c3)C2)[C@@H]1c1ccccc1OC. The van der Waals surface area contributed by atoms with Crippen molar-refractivity contribution in [2.24, 2.45) is 10.9 Å². The molecule has 2 aliphatic rings. The first-order valence-electron chi connectivity index (χ1n) is 12.7. The van der Waals surface area contributed by atoms with Crippen molar-refractivity contribution in [2.45, 2.75) is 58.0 Å². The Bertz CT molecular complexity index is 1250. The number of esters is 1. The van der Waals surface area contributed by atoms with Crippen LogP contribution in [0.3, 0.4) is 0 Å². The molecule has 4 rings (SSSR count). The lowest BCUT2D eigenvalue weighted by molar-refractivity contribution is -0.151. The molecule has 1 unspecified atom stereocenters. The van der Waals surface area contributed by atoms with Gasteiger partial charge >= 0.3 is 5.97 Å². The van der Waals surface area contributed by atoms with E-state index in [9.17, 15) is 9.59 Å². The molecule has 37 heavy (non-hydrogen) atoms. The molecular formula is C30H35NO6. The van der Waals surface area contributed by atoms with Gasteiger partial charge in [0.05, 0.1) is 27.4 Å². The molecule has 2 aromatic rings. The van der Waals surface area contributed by atoms with Gasteiger partial charge in [0.25, 0.3) is 0 Å². The lowest BCUT2D eigenvalue weighted by atomic mass is 9.69. The van der Waals surface area contributed by atoms with Gasteiger partial charge in [-0.15, -0.1) is 0 Å². The van der Waals surface area contributed by atoms with Crippen molar-refractivity contribution in [2.75, 3.05) is 21.3 Å². The van der Waals surface area contributed by atoms with Gasteiger partial charge in [0.15, 0.2) is 17.3 Å². The second-order valence-electron chi connectivity index (χ2n) is 9.61. The molecule has 0 N–H and O–H groups in total. The number of ether oxygens (including phenoxy) is 4. The minimum atomic E-state index is -0.703. The topological polar surface area (TPSA) is 83.4 Å². The summed E-state index contributed by atoms with van der Waals surface area (Å²) < 4.78 is 22.3. The average molecular weight is 506 g/mol. The van der Waals surface area contributed by atoms with E-state index in [0.29, 0.717) is 47.8 Å². The number of para-hydroxylation sites is 1. The summed E-state index contributed by atoms with van der Waals surface area (Å²) in [5, 5.41) is 0. The van der Waals surface area contributed by atoms with Crippen LogP contribution in [-0.2, 0) is 14.3 Å². The van der Waals surface area contributed by atoms with E-state index in [2.05, 4.69) is 0 Å². The number of ketones is 1. The lowest BCUT2D eigenvalue weighted by Gasteiger charge is -2.37. The highest BCUT2D eigenvalue weighted by Crippen LogP contribution is 2.49. The Labute approximate surface area is 218 Å². The molecular weight excluding hydrogens is 470 g/mol. The Morgan fingerprint density at radius 1 is 1.00 bits per heavy atom. The molecule has 196 valence electrons. The molecule has 0 aromatic heterocycles. The van der Waals surface area contributed by atoms with E-state index in [1.54, 1.807) is 21.3 Å². The Balaban J connectivity index is 1.80. The van der Waals surface area contributed by atoms with Crippen molar-refractivity contribution >= 4 is 17.5 Å². The minimum absolute atomic E-state index is 0.0190. The second-order valence-corrected chi connectivity index (χ2v) is 9.61. The Morgan fingerprint density at radius 2 is 1.70 bits per heavy atom. The summed E-state index contributed by atoms with van der Waals surface area (Å²) in [6.45, 7) is 5.69. The summed E-state index contributed by atoms with van der Waals surface area (Å²) in [5.41, 5.74) is 3.71. The summed E-state index contributed by atoms with van der Waals surface area (Å²) >= 11 is 0. The summed E-state index contributed by atoms with van der Waals surface area (Å²) in [5.74, 6) is 0.204. The fourth-order valence-electron chi connectivity index (χ4n) is 5.32. The summed E-state index contributed by atoms with van der Waals surface area (Å²) in [6, 6.07) is 13.3. The highest BCUT2D eigenvalue weighted by Gasteiger charge is 2.46. The predicted octanol–water partition coefficient (Wildman–Crippen LogP) is 5.63. The van der Waals surface area contributed by atoms with Gasteiger partial charge < -0.3 is 18.9 Å². The Kier molecular flexibility index (Phi) is 8.00. The third-order valence-electron chi connectivity index (χ3n) is 7.39. The molecule has 7 heteroatoms. The van der Waals surface area contributed by atoms with E-state index < -0.39 is 11.8 Å². The number of Topliss-reactive ketones (excluding diaryl/α,β-unsaturated/α-hetero) is 1.